The van der Waals surface area contributed by atoms with E-state index in [1.807, 2.05) is 55.7 Å². The molecule has 0 aliphatic heterocycles. The summed E-state index contributed by atoms with van der Waals surface area (Å²) < 4.78 is 30.9. The van der Waals surface area contributed by atoms with Crippen LogP contribution in [-0.2, 0) is 16.1 Å². The lowest BCUT2D eigenvalue weighted by Gasteiger charge is -2.40. The number of urea groups is 1. The third kappa shape index (κ3) is 10.1. The molecule has 0 aliphatic carbocycles. The van der Waals surface area contributed by atoms with Gasteiger partial charge in [-0.15, -0.1) is 0 Å². The molecule has 13 heteroatoms. The van der Waals surface area contributed by atoms with E-state index in [1.54, 1.807) is 6.20 Å². The summed E-state index contributed by atoms with van der Waals surface area (Å²) in [6.07, 6.45) is 2.89. The van der Waals surface area contributed by atoms with Gasteiger partial charge in [0.25, 0.3) is 0 Å². The van der Waals surface area contributed by atoms with Gasteiger partial charge in [0.2, 0.25) is 11.8 Å². The zero-order valence-electron chi connectivity index (χ0n) is 25.9. The molecule has 0 radical (unpaired) electrons. The maximum atomic E-state index is 14.9. The third-order valence-electron chi connectivity index (χ3n) is 7.32. The predicted molar refractivity (Wildman–Crippen MR) is 167 cm³/mol. The Bertz CT molecular complexity index is 1440. The Morgan fingerprint density at radius 1 is 1.04 bits per heavy atom. The van der Waals surface area contributed by atoms with Crippen molar-refractivity contribution in [3.05, 3.63) is 77.8 Å². The van der Waals surface area contributed by atoms with E-state index in [0.717, 1.165) is 23.8 Å². The molecule has 11 nitrogen and oxygen atoms in total. The molecule has 0 unspecified atom stereocenters. The van der Waals surface area contributed by atoms with Crippen LogP contribution < -0.4 is 22.1 Å². The van der Waals surface area contributed by atoms with E-state index in [0.29, 0.717) is 44.7 Å². The van der Waals surface area contributed by atoms with Gasteiger partial charge >= 0.3 is 6.03 Å². The van der Waals surface area contributed by atoms with Crippen molar-refractivity contribution in [2.24, 2.45) is 16.9 Å². The molecule has 0 spiro atoms. The molecule has 4 amide bonds. The standard InChI is InChI=1S/C32H43F2N7O4/c1-32(2,3)28(41(27(43)20-42)16-8-15-37-25(29(35)44)11-7-14-38-31(36)45)30-39-26(23-17-22(33)12-13-24(23)34)19-40(30)18-21-9-5-4-6-10-21/h4-6,9-10,12-13,17,19,25,28,37,42H,7-8,11,14-16,18,20H2,1-3H3,(H2,35,44)(H3,36,38,45)/t25-,28-/m0/s1. The number of hydrogen-bond acceptors (Lipinski definition) is 6. The van der Waals surface area contributed by atoms with Crippen LogP contribution in [0.1, 0.15) is 57.5 Å². The molecule has 244 valence electrons. The molecule has 2 aromatic carbocycles. The summed E-state index contributed by atoms with van der Waals surface area (Å²) in [5.41, 5.74) is 11.1. The highest BCUT2D eigenvalue weighted by Crippen LogP contribution is 2.39. The normalized spacial score (nSPS) is 12.8. The van der Waals surface area contributed by atoms with E-state index in [9.17, 15) is 28.3 Å². The summed E-state index contributed by atoms with van der Waals surface area (Å²) in [6, 6.07) is 10.7. The Hall–Kier alpha value is -4.36. The molecule has 3 aromatic rings. The molecule has 0 saturated heterocycles. The number of aliphatic hydroxyl groups excluding tert-OH is 1. The minimum atomic E-state index is -0.748. The zero-order chi connectivity index (χ0) is 33.1. The van der Waals surface area contributed by atoms with Gasteiger partial charge in [-0.25, -0.2) is 18.6 Å². The summed E-state index contributed by atoms with van der Waals surface area (Å²) in [5, 5.41) is 15.5. The highest BCUT2D eigenvalue weighted by Gasteiger charge is 2.38. The fraction of sp³-hybridized carbons (Fsp3) is 0.438. The maximum Gasteiger partial charge on any atom is 0.312 e. The van der Waals surface area contributed by atoms with Crippen LogP contribution in [0.3, 0.4) is 0 Å². The quantitative estimate of drug-likeness (QED) is 0.153. The van der Waals surface area contributed by atoms with Crippen molar-refractivity contribution in [2.75, 3.05) is 26.2 Å². The third-order valence-corrected chi connectivity index (χ3v) is 7.32. The van der Waals surface area contributed by atoms with Crippen molar-refractivity contribution in [3.8, 4) is 11.3 Å². The summed E-state index contributed by atoms with van der Waals surface area (Å²) in [4.78, 5) is 42.5. The number of imidazole rings is 1. The summed E-state index contributed by atoms with van der Waals surface area (Å²) in [6.45, 7) is 6.19. The maximum absolute atomic E-state index is 14.9. The average molecular weight is 628 g/mol. The van der Waals surface area contributed by atoms with Gasteiger partial charge in [-0.1, -0.05) is 51.1 Å². The molecule has 45 heavy (non-hydrogen) atoms. The molecule has 0 saturated carbocycles. The monoisotopic (exact) mass is 627 g/mol. The molecular weight excluding hydrogens is 584 g/mol. The lowest BCUT2D eigenvalue weighted by molar-refractivity contribution is -0.139. The number of aliphatic hydroxyl groups is 1. The van der Waals surface area contributed by atoms with Crippen LogP contribution in [0.15, 0.2) is 54.7 Å². The van der Waals surface area contributed by atoms with Gasteiger partial charge in [0.15, 0.2) is 0 Å². The molecule has 7 N–H and O–H groups in total. The Morgan fingerprint density at radius 3 is 2.38 bits per heavy atom. The first kappa shape index (κ1) is 35.1. The number of nitrogens with one attached hydrogen (secondary N) is 2. The molecule has 1 heterocycles. The lowest BCUT2D eigenvalue weighted by Crippen LogP contribution is -2.46. The summed E-state index contributed by atoms with van der Waals surface area (Å²) in [7, 11) is 0. The van der Waals surface area contributed by atoms with E-state index >= 15 is 0 Å². The first-order valence-electron chi connectivity index (χ1n) is 14.8. The fourth-order valence-corrected chi connectivity index (χ4v) is 5.25. The van der Waals surface area contributed by atoms with Gasteiger partial charge in [0, 0.05) is 31.4 Å². The lowest BCUT2D eigenvalue weighted by atomic mass is 9.84. The van der Waals surface area contributed by atoms with Gasteiger partial charge in [0.1, 0.15) is 24.1 Å². The van der Waals surface area contributed by atoms with Crippen molar-refractivity contribution < 1.29 is 28.3 Å². The number of nitrogens with two attached hydrogens (primary N) is 2. The van der Waals surface area contributed by atoms with Gasteiger partial charge in [0.05, 0.1) is 17.8 Å². The van der Waals surface area contributed by atoms with Crippen molar-refractivity contribution >= 4 is 17.8 Å². The smallest absolute Gasteiger partial charge is 0.312 e. The molecule has 0 bridgehead atoms. The second-order valence-corrected chi connectivity index (χ2v) is 11.9. The number of benzene rings is 2. The van der Waals surface area contributed by atoms with Crippen molar-refractivity contribution in [3.63, 3.8) is 0 Å². The largest absolute Gasteiger partial charge is 0.387 e. The van der Waals surface area contributed by atoms with Crippen LogP contribution in [0.4, 0.5) is 13.6 Å². The van der Waals surface area contributed by atoms with E-state index < -0.39 is 53.6 Å². The van der Waals surface area contributed by atoms with Crippen molar-refractivity contribution in [2.45, 2.75) is 58.7 Å². The summed E-state index contributed by atoms with van der Waals surface area (Å²) >= 11 is 0. The number of halogens is 2. The number of carbonyl (C=O) groups excluding carboxylic acids is 3. The van der Waals surface area contributed by atoms with Gasteiger partial charge in [-0.05, 0) is 55.0 Å². The molecule has 0 fully saturated rings. The Balaban J connectivity index is 1.93. The second-order valence-electron chi connectivity index (χ2n) is 11.9. The minimum Gasteiger partial charge on any atom is -0.387 e. The van der Waals surface area contributed by atoms with Crippen molar-refractivity contribution in [1.29, 1.82) is 0 Å². The van der Waals surface area contributed by atoms with E-state index in [4.69, 9.17) is 16.5 Å². The minimum absolute atomic E-state index is 0.0107. The molecule has 2 atom stereocenters. The topological polar surface area (TPSA) is 169 Å². The van der Waals surface area contributed by atoms with Gasteiger partial charge in [-0.2, -0.15) is 0 Å². The Kier molecular flexibility index (Phi) is 12.6. The number of amides is 4. The predicted octanol–water partition coefficient (Wildman–Crippen LogP) is 3.07. The van der Waals surface area contributed by atoms with Crippen LogP contribution in [0.25, 0.3) is 11.3 Å². The molecule has 3 rings (SSSR count). The highest BCUT2D eigenvalue weighted by molar-refractivity contribution is 5.80. The SMILES string of the molecule is CC(C)(C)[C@H](c1nc(-c2cc(F)ccc2F)cn1Cc1ccccc1)N(CCCN[C@@H](CCCNC(N)=O)C(N)=O)C(=O)CO. The van der Waals surface area contributed by atoms with E-state index in [-0.39, 0.29) is 17.8 Å². The van der Waals surface area contributed by atoms with Crippen LogP contribution >= 0.6 is 0 Å². The first-order valence-corrected chi connectivity index (χ1v) is 14.8. The van der Waals surface area contributed by atoms with Gasteiger partial charge < -0.3 is 36.7 Å². The second kappa shape index (κ2) is 16.1. The van der Waals surface area contributed by atoms with Crippen LogP contribution in [0.5, 0.6) is 0 Å². The van der Waals surface area contributed by atoms with E-state index in [2.05, 4.69) is 10.6 Å². The van der Waals surface area contributed by atoms with Gasteiger partial charge in [-0.3, -0.25) is 9.59 Å². The van der Waals surface area contributed by atoms with Crippen LogP contribution in [-0.4, -0.2) is 69.7 Å². The number of aromatic nitrogens is 2. The Labute approximate surface area is 262 Å². The summed E-state index contributed by atoms with van der Waals surface area (Å²) in [5.74, 6) is -1.89. The highest BCUT2D eigenvalue weighted by atomic mass is 19.1. The fourth-order valence-electron chi connectivity index (χ4n) is 5.25. The number of hydrogen-bond donors (Lipinski definition) is 5. The molecule has 0 aliphatic rings. The number of rotatable bonds is 16. The average Bonchev–Trinajstić information content (AvgIpc) is 3.38. The van der Waals surface area contributed by atoms with Crippen LogP contribution in [0.2, 0.25) is 0 Å². The van der Waals surface area contributed by atoms with E-state index in [1.165, 1.54) is 4.90 Å². The number of nitrogens with zero attached hydrogens (tertiary/aromatic N) is 3. The zero-order valence-corrected chi connectivity index (χ0v) is 25.9. The number of carbonyl (C=O) groups is 3. The number of primary amides is 2. The van der Waals surface area contributed by atoms with Crippen molar-refractivity contribution in [1.82, 2.24) is 25.1 Å². The van der Waals surface area contributed by atoms with Crippen LogP contribution in [0, 0.1) is 17.0 Å². The molecule has 1 aromatic heterocycles. The Morgan fingerprint density at radius 2 is 1.76 bits per heavy atom. The molecular formula is C32H43F2N7O4. The first-order chi connectivity index (χ1) is 21.3.